The zero-order valence-corrected chi connectivity index (χ0v) is 16.5. The fourth-order valence-corrected chi connectivity index (χ4v) is 3.85. The molecule has 1 aliphatic rings. The van der Waals surface area contributed by atoms with E-state index in [0.29, 0.717) is 37.3 Å². The zero-order chi connectivity index (χ0) is 20.5. The molecule has 150 valence electrons. The van der Waals surface area contributed by atoms with Gasteiger partial charge in [-0.25, -0.2) is 4.79 Å². The van der Waals surface area contributed by atoms with Gasteiger partial charge >= 0.3 is 5.63 Å². The molecular formula is C22H23N3O4. The van der Waals surface area contributed by atoms with E-state index in [9.17, 15) is 14.4 Å². The van der Waals surface area contributed by atoms with Gasteiger partial charge in [-0.15, -0.1) is 0 Å². The molecule has 3 aromatic rings. The lowest BCUT2D eigenvalue weighted by Gasteiger charge is -2.32. The van der Waals surface area contributed by atoms with E-state index in [2.05, 4.69) is 16.4 Å². The number of aromatic amines is 1. The summed E-state index contributed by atoms with van der Waals surface area (Å²) in [5.41, 5.74) is 2.14. The molecule has 1 aromatic carbocycles. The van der Waals surface area contributed by atoms with Crippen LogP contribution >= 0.6 is 0 Å². The number of hydrogen-bond acceptors (Lipinski definition) is 4. The third kappa shape index (κ3) is 3.55. The Labute approximate surface area is 167 Å². The number of piperazine rings is 1. The lowest BCUT2D eigenvalue weighted by Crippen LogP contribution is -2.56. The molecule has 1 saturated heterocycles. The van der Waals surface area contributed by atoms with Gasteiger partial charge < -0.3 is 19.6 Å². The van der Waals surface area contributed by atoms with Crippen molar-refractivity contribution in [2.24, 2.45) is 0 Å². The van der Waals surface area contributed by atoms with Gasteiger partial charge in [0.25, 0.3) is 5.91 Å². The van der Waals surface area contributed by atoms with Gasteiger partial charge in [0.15, 0.2) is 0 Å². The molecule has 0 aliphatic carbocycles. The van der Waals surface area contributed by atoms with E-state index in [4.69, 9.17) is 4.42 Å². The molecule has 1 aliphatic heterocycles. The van der Waals surface area contributed by atoms with Crippen LogP contribution in [0.1, 0.15) is 34.2 Å². The predicted octanol–water partition coefficient (Wildman–Crippen LogP) is 2.18. The molecule has 2 aromatic heterocycles. The molecule has 1 fully saturated rings. The van der Waals surface area contributed by atoms with E-state index < -0.39 is 17.6 Å². The first-order valence-corrected chi connectivity index (χ1v) is 9.73. The highest BCUT2D eigenvalue weighted by molar-refractivity contribution is 5.98. The van der Waals surface area contributed by atoms with Crippen molar-refractivity contribution in [1.29, 1.82) is 0 Å². The minimum atomic E-state index is -0.651. The highest BCUT2D eigenvalue weighted by atomic mass is 16.4. The van der Waals surface area contributed by atoms with Crippen LogP contribution in [0, 0.1) is 6.92 Å². The summed E-state index contributed by atoms with van der Waals surface area (Å²) >= 11 is 0. The molecule has 0 radical (unpaired) electrons. The van der Waals surface area contributed by atoms with Crippen molar-refractivity contribution in [3.8, 4) is 0 Å². The van der Waals surface area contributed by atoms with Crippen LogP contribution in [-0.2, 0) is 17.6 Å². The number of aryl methyl sites for hydroxylation is 3. The topological polar surface area (TPSA) is 95.4 Å². The summed E-state index contributed by atoms with van der Waals surface area (Å²) in [6.45, 7) is 4.13. The summed E-state index contributed by atoms with van der Waals surface area (Å²) in [6.07, 6.45) is 3.23. The Morgan fingerprint density at radius 3 is 2.83 bits per heavy atom. The summed E-state index contributed by atoms with van der Waals surface area (Å²) in [7, 11) is 0. The fourth-order valence-electron chi connectivity index (χ4n) is 3.85. The highest BCUT2D eigenvalue weighted by Gasteiger charge is 2.32. The van der Waals surface area contributed by atoms with E-state index in [-0.39, 0.29) is 11.5 Å². The van der Waals surface area contributed by atoms with Crippen molar-refractivity contribution in [1.82, 2.24) is 15.2 Å². The number of nitrogens with zero attached hydrogens (tertiary/aromatic N) is 1. The van der Waals surface area contributed by atoms with Crippen molar-refractivity contribution < 1.29 is 14.0 Å². The number of H-pyrrole nitrogens is 1. The van der Waals surface area contributed by atoms with E-state index in [1.165, 1.54) is 4.90 Å². The number of para-hydroxylation sites is 1. The maximum Gasteiger partial charge on any atom is 0.349 e. The van der Waals surface area contributed by atoms with Crippen LogP contribution in [0.4, 0.5) is 0 Å². The number of rotatable bonds is 4. The second-order valence-corrected chi connectivity index (χ2v) is 7.38. The maximum atomic E-state index is 12.9. The van der Waals surface area contributed by atoms with Crippen LogP contribution in [0.25, 0.3) is 10.9 Å². The number of aromatic nitrogens is 1. The van der Waals surface area contributed by atoms with Gasteiger partial charge in [0.2, 0.25) is 5.91 Å². The maximum absolute atomic E-state index is 12.9. The molecule has 3 heterocycles. The number of carbonyl (C=O) groups excluding carboxylic acids is 2. The normalized spacial score (nSPS) is 16.8. The summed E-state index contributed by atoms with van der Waals surface area (Å²) in [5.74, 6) is -0.137. The quantitative estimate of drug-likeness (QED) is 0.710. The predicted molar refractivity (Wildman–Crippen MR) is 109 cm³/mol. The molecule has 7 heteroatoms. The van der Waals surface area contributed by atoms with Crippen molar-refractivity contribution >= 4 is 22.7 Å². The Kier molecular flexibility index (Phi) is 4.96. The fraction of sp³-hybridized carbons (Fsp3) is 0.318. The van der Waals surface area contributed by atoms with Gasteiger partial charge in [0.1, 0.15) is 17.4 Å². The van der Waals surface area contributed by atoms with Crippen molar-refractivity contribution in [2.75, 3.05) is 13.1 Å². The molecule has 1 unspecified atom stereocenters. The molecular weight excluding hydrogens is 370 g/mol. The second kappa shape index (κ2) is 7.58. The van der Waals surface area contributed by atoms with Crippen molar-refractivity contribution in [3.05, 3.63) is 69.4 Å². The molecule has 29 heavy (non-hydrogen) atoms. The largest absolute Gasteiger partial charge is 0.427 e. The van der Waals surface area contributed by atoms with Crippen molar-refractivity contribution in [2.45, 2.75) is 32.7 Å². The van der Waals surface area contributed by atoms with Gasteiger partial charge in [0.05, 0.1) is 0 Å². The minimum Gasteiger partial charge on any atom is -0.427 e. The summed E-state index contributed by atoms with van der Waals surface area (Å²) in [6, 6.07) is 9.18. The van der Waals surface area contributed by atoms with Crippen LogP contribution < -0.4 is 10.9 Å². The Morgan fingerprint density at radius 1 is 1.24 bits per heavy atom. The second-order valence-electron chi connectivity index (χ2n) is 7.38. The van der Waals surface area contributed by atoms with Gasteiger partial charge in [0, 0.05) is 36.6 Å². The number of carbonyl (C=O) groups is 2. The monoisotopic (exact) mass is 393 g/mol. The van der Waals surface area contributed by atoms with Gasteiger partial charge in [-0.1, -0.05) is 18.2 Å². The minimum absolute atomic E-state index is 0.00222. The van der Waals surface area contributed by atoms with E-state index >= 15 is 0 Å². The molecule has 0 spiro atoms. The number of fused-ring (bicyclic) bond motifs is 1. The van der Waals surface area contributed by atoms with Gasteiger partial charge in [-0.05, 0) is 43.5 Å². The lowest BCUT2D eigenvalue weighted by molar-refractivity contribution is -0.127. The Morgan fingerprint density at radius 2 is 2.03 bits per heavy atom. The van der Waals surface area contributed by atoms with Gasteiger partial charge in [-0.3, -0.25) is 9.59 Å². The third-order valence-corrected chi connectivity index (χ3v) is 5.49. The van der Waals surface area contributed by atoms with E-state index in [1.54, 1.807) is 19.9 Å². The smallest absolute Gasteiger partial charge is 0.349 e. The van der Waals surface area contributed by atoms with Gasteiger partial charge in [-0.2, -0.15) is 0 Å². The average molecular weight is 393 g/mol. The van der Waals surface area contributed by atoms with Crippen LogP contribution in [-0.4, -0.2) is 40.8 Å². The third-order valence-electron chi connectivity index (χ3n) is 5.49. The number of benzene rings is 1. The van der Waals surface area contributed by atoms with Crippen LogP contribution in [0.3, 0.4) is 0 Å². The van der Waals surface area contributed by atoms with E-state index in [1.807, 2.05) is 24.4 Å². The zero-order valence-electron chi connectivity index (χ0n) is 16.5. The average Bonchev–Trinajstić information content (AvgIpc) is 3.11. The van der Waals surface area contributed by atoms with E-state index in [0.717, 1.165) is 16.5 Å². The molecule has 2 amide bonds. The van der Waals surface area contributed by atoms with Crippen LogP contribution in [0.15, 0.2) is 45.7 Å². The Balaban J connectivity index is 1.55. The SMILES string of the molecule is Cc1cc(CCc2c[nH]c3ccccc23)oc(=O)c1C(=O)N1CCNC(=O)C1C. The molecule has 2 N–H and O–H groups in total. The molecule has 0 bridgehead atoms. The first-order valence-electron chi connectivity index (χ1n) is 9.73. The summed E-state index contributed by atoms with van der Waals surface area (Å²) in [5, 5.41) is 3.86. The molecule has 7 nitrogen and oxygen atoms in total. The number of hydrogen-bond donors (Lipinski definition) is 2. The number of amides is 2. The lowest BCUT2D eigenvalue weighted by atomic mass is 10.0. The first kappa shape index (κ1) is 19.0. The Bertz CT molecular complexity index is 1140. The summed E-state index contributed by atoms with van der Waals surface area (Å²) < 4.78 is 5.46. The Hall–Kier alpha value is -3.35. The first-order chi connectivity index (χ1) is 14.0. The van der Waals surface area contributed by atoms with Crippen LogP contribution in [0.2, 0.25) is 0 Å². The van der Waals surface area contributed by atoms with Crippen molar-refractivity contribution in [3.63, 3.8) is 0 Å². The van der Waals surface area contributed by atoms with Crippen LogP contribution in [0.5, 0.6) is 0 Å². The number of nitrogens with one attached hydrogen (secondary N) is 2. The molecule has 4 rings (SSSR count). The molecule has 0 saturated carbocycles. The standard InChI is InChI=1S/C22H23N3O4/c1-13-11-16(8-7-15-12-24-18-6-4-3-5-17(15)18)29-22(28)19(13)21(27)25-10-9-23-20(26)14(25)2/h3-6,11-12,14,24H,7-10H2,1-2H3,(H,23,26). The summed E-state index contributed by atoms with van der Waals surface area (Å²) in [4.78, 5) is 42.0. The highest BCUT2D eigenvalue weighted by Crippen LogP contribution is 2.20. The molecule has 1 atom stereocenters.